The second kappa shape index (κ2) is 10.6. The summed E-state index contributed by atoms with van der Waals surface area (Å²) in [5.41, 5.74) is -0.294. The van der Waals surface area contributed by atoms with Crippen LogP contribution in [0.25, 0.3) is 0 Å². The molecule has 0 radical (unpaired) electrons. The molecule has 1 amide bonds. The molecule has 9 heteroatoms. The first-order valence-electron chi connectivity index (χ1n) is 12.1. The van der Waals surface area contributed by atoms with E-state index in [4.69, 9.17) is 25.5 Å². The summed E-state index contributed by atoms with van der Waals surface area (Å²) in [4.78, 5) is 42.5. The van der Waals surface area contributed by atoms with Crippen LogP contribution in [0.4, 0.5) is 0 Å². The number of carbonyl (C=O) groups excluding carboxylic acids is 2. The lowest BCUT2D eigenvalue weighted by Crippen LogP contribution is -2.55. The van der Waals surface area contributed by atoms with Crippen LogP contribution in [0.15, 0.2) is 59.0 Å². The minimum absolute atomic E-state index is 0.319. The molecule has 200 valence electrons. The van der Waals surface area contributed by atoms with Gasteiger partial charge in [0.1, 0.15) is 29.4 Å². The van der Waals surface area contributed by atoms with Gasteiger partial charge in [0.2, 0.25) is 5.91 Å². The number of likely N-dealkylation sites (tertiary alicyclic amines) is 1. The van der Waals surface area contributed by atoms with Gasteiger partial charge in [0.05, 0.1) is 24.6 Å². The molecule has 8 nitrogen and oxygen atoms in total. The van der Waals surface area contributed by atoms with Gasteiger partial charge in [-0.05, 0) is 62.2 Å². The first kappa shape index (κ1) is 27.4. The molecular formula is C29H30ClNO7. The lowest BCUT2D eigenvalue weighted by Gasteiger charge is -2.37. The van der Waals surface area contributed by atoms with Crippen LogP contribution in [0.5, 0.6) is 5.75 Å². The second-order valence-electron chi connectivity index (χ2n) is 9.61. The van der Waals surface area contributed by atoms with E-state index in [2.05, 4.69) is 0 Å². The molecule has 0 saturated carbocycles. The number of ether oxygens (including phenoxy) is 2. The van der Waals surface area contributed by atoms with Gasteiger partial charge in [-0.25, -0.2) is 4.79 Å². The molecule has 1 fully saturated rings. The van der Waals surface area contributed by atoms with E-state index >= 15 is 0 Å². The molecule has 1 aliphatic rings. The van der Waals surface area contributed by atoms with E-state index in [0.29, 0.717) is 39.0 Å². The van der Waals surface area contributed by atoms with E-state index in [9.17, 15) is 19.5 Å². The van der Waals surface area contributed by atoms with Crippen LogP contribution < -0.4 is 4.74 Å². The predicted molar refractivity (Wildman–Crippen MR) is 141 cm³/mol. The number of aryl methyl sites for hydroxylation is 2. The molecule has 4 unspecified atom stereocenters. The second-order valence-corrected chi connectivity index (χ2v) is 10.1. The maximum Gasteiger partial charge on any atom is 0.330 e. The largest absolute Gasteiger partial charge is 0.497 e. The van der Waals surface area contributed by atoms with E-state index in [1.165, 1.54) is 26.0 Å². The number of hydrogen-bond donors (Lipinski definition) is 1. The van der Waals surface area contributed by atoms with Crippen molar-refractivity contribution in [3.05, 3.63) is 87.8 Å². The molecule has 4 atom stereocenters. The number of carboxylic acid groups (broad SMARTS) is 1. The van der Waals surface area contributed by atoms with E-state index < -0.39 is 35.3 Å². The molecule has 0 aliphatic carbocycles. The van der Waals surface area contributed by atoms with Crippen LogP contribution in [0, 0.1) is 19.8 Å². The number of halogens is 1. The summed E-state index contributed by atoms with van der Waals surface area (Å²) < 4.78 is 16.1. The number of amides is 1. The summed E-state index contributed by atoms with van der Waals surface area (Å²) in [6, 6.07) is 14.4. The van der Waals surface area contributed by atoms with Crippen LogP contribution in [0.3, 0.4) is 0 Å². The number of ketones is 1. The number of Topliss-reactive ketones (excluding diaryl/α,β-unsaturated/α-hetero) is 1. The van der Waals surface area contributed by atoms with Gasteiger partial charge in [0.15, 0.2) is 5.78 Å². The van der Waals surface area contributed by atoms with E-state index in [-0.39, 0.29) is 12.4 Å². The van der Waals surface area contributed by atoms with Gasteiger partial charge in [-0.3, -0.25) is 9.59 Å². The molecule has 1 saturated heterocycles. The number of carboxylic acids is 1. The molecule has 1 aromatic heterocycles. The molecule has 0 spiro atoms. The van der Waals surface area contributed by atoms with Gasteiger partial charge >= 0.3 is 5.97 Å². The van der Waals surface area contributed by atoms with Crippen molar-refractivity contribution in [1.82, 2.24) is 4.90 Å². The van der Waals surface area contributed by atoms with Crippen molar-refractivity contribution in [3.8, 4) is 5.75 Å². The summed E-state index contributed by atoms with van der Waals surface area (Å²) in [7, 11) is 2.90. The highest BCUT2D eigenvalue weighted by Gasteiger charge is 2.64. The molecule has 38 heavy (non-hydrogen) atoms. The fraction of sp³-hybridized carbons (Fsp3) is 0.345. The number of carbonyl (C=O) groups is 3. The van der Waals surface area contributed by atoms with Gasteiger partial charge in [-0.2, -0.15) is 0 Å². The predicted octanol–water partition coefficient (Wildman–Crippen LogP) is 5.21. The molecule has 4 rings (SSSR count). The van der Waals surface area contributed by atoms with Crippen LogP contribution >= 0.6 is 11.6 Å². The molecule has 0 bridgehead atoms. The number of hydrogen-bond acceptors (Lipinski definition) is 6. The monoisotopic (exact) mass is 539 g/mol. The first-order valence-corrected chi connectivity index (χ1v) is 12.5. The van der Waals surface area contributed by atoms with Gasteiger partial charge < -0.3 is 23.9 Å². The van der Waals surface area contributed by atoms with Crippen molar-refractivity contribution in [3.63, 3.8) is 0 Å². The lowest BCUT2D eigenvalue weighted by atomic mass is 9.71. The summed E-state index contributed by atoms with van der Waals surface area (Å²) in [5, 5.41) is 11.2. The Bertz CT molecular complexity index is 1350. The molecule has 2 heterocycles. The molecule has 3 aromatic rings. The zero-order chi connectivity index (χ0) is 27.8. The van der Waals surface area contributed by atoms with Crippen LogP contribution in [-0.4, -0.2) is 54.0 Å². The molecule has 1 N–H and O–H groups in total. The third kappa shape index (κ3) is 4.59. The van der Waals surface area contributed by atoms with E-state index in [0.717, 1.165) is 0 Å². The number of furan rings is 1. The van der Waals surface area contributed by atoms with Crippen molar-refractivity contribution in [2.45, 2.75) is 38.3 Å². The van der Waals surface area contributed by atoms with Gasteiger partial charge in [-0.15, -0.1) is 0 Å². The van der Waals surface area contributed by atoms with Crippen molar-refractivity contribution in [2.75, 3.05) is 20.8 Å². The number of aliphatic carboxylic acids is 1. The van der Waals surface area contributed by atoms with Crippen LogP contribution in [-0.2, 0) is 14.3 Å². The summed E-state index contributed by atoms with van der Waals surface area (Å²) in [6.07, 6.45) is 0. The third-order valence-electron chi connectivity index (χ3n) is 7.35. The zero-order valence-corrected chi connectivity index (χ0v) is 22.6. The summed E-state index contributed by atoms with van der Waals surface area (Å²) in [5.74, 6) is -2.44. The number of nitrogens with zero attached hydrogens (tertiary/aromatic N) is 1. The minimum atomic E-state index is -1.80. The first-order chi connectivity index (χ1) is 18.0. The Balaban J connectivity index is 2.04. The fourth-order valence-corrected chi connectivity index (χ4v) is 5.81. The Morgan fingerprint density at radius 2 is 1.63 bits per heavy atom. The van der Waals surface area contributed by atoms with Crippen LogP contribution in [0.1, 0.15) is 51.9 Å². The summed E-state index contributed by atoms with van der Waals surface area (Å²) in [6.45, 7) is 4.57. The van der Waals surface area contributed by atoms with Crippen LogP contribution in [0.2, 0.25) is 5.02 Å². The maximum absolute atomic E-state index is 14.4. The Morgan fingerprint density at radius 3 is 2.13 bits per heavy atom. The maximum atomic E-state index is 14.4. The molecule has 2 aromatic carbocycles. The average Bonchev–Trinajstić information content (AvgIpc) is 3.38. The summed E-state index contributed by atoms with van der Waals surface area (Å²) >= 11 is 6.16. The number of rotatable bonds is 8. The highest BCUT2D eigenvalue weighted by atomic mass is 35.5. The van der Waals surface area contributed by atoms with E-state index in [1.54, 1.807) is 68.4 Å². The van der Waals surface area contributed by atoms with Crippen molar-refractivity contribution < 1.29 is 33.4 Å². The highest BCUT2D eigenvalue weighted by molar-refractivity contribution is 6.30. The zero-order valence-electron chi connectivity index (χ0n) is 21.9. The van der Waals surface area contributed by atoms with Crippen molar-refractivity contribution >= 4 is 29.3 Å². The van der Waals surface area contributed by atoms with Crippen molar-refractivity contribution in [2.24, 2.45) is 5.92 Å². The standard InChI is InChI=1S/C29H30ClNO7/c1-16-14-22(17(2)38-16)27(33)24-25(18-8-12-21(37-5)13-9-18)29(3,28(34)35)31(23(32)15-36-4)26(24)19-6-10-20(30)11-7-19/h6-14,24-26H,15H2,1-5H3,(H,34,35). The highest BCUT2D eigenvalue weighted by Crippen LogP contribution is 2.57. The van der Waals surface area contributed by atoms with E-state index in [1.807, 2.05) is 0 Å². The van der Waals surface area contributed by atoms with Gasteiger partial charge in [-0.1, -0.05) is 35.9 Å². The normalized spacial score (nSPS) is 22.9. The smallest absolute Gasteiger partial charge is 0.330 e. The molecule has 1 aliphatic heterocycles. The van der Waals surface area contributed by atoms with Gasteiger partial charge in [0, 0.05) is 18.1 Å². The minimum Gasteiger partial charge on any atom is -0.497 e. The number of benzene rings is 2. The topological polar surface area (TPSA) is 106 Å². The van der Waals surface area contributed by atoms with Crippen molar-refractivity contribution in [1.29, 1.82) is 0 Å². The lowest BCUT2D eigenvalue weighted by molar-refractivity contribution is -0.159. The Kier molecular flexibility index (Phi) is 7.67. The SMILES string of the molecule is COCC(=O)N1C(c2ccc(Cl)cc2)C(C(=O)c2cc(C)oc2C)C(c2ccc(OC)cc2)C1(C)C(=O)O. The Labute approximate surface area is 226 Å². The number of methoxy groups -OCH3 is 2. The third-order valence-corrected chi connectivity index (χ3v) is 7.60. The van der Waals surface area contributed by atoms with Gasteiger partial charge in [0.25, 0.3) is 0 Å². The quantitative estimate of drug-likeness (QED) is 0.391. The fourth-order valence-electron chi connectivity index (χ4n) is 5.68. The molecular weight excluding hydrogens is 510 g/mol. The Morgan fingerprint density at radius 1 is 1.03 bits per heavy atom. The average molecular weight is 540 g/mol. The Hall–Kier alpha value is -3.62.